The van der Waals surface area contributed by atoms with Gasteiger partial charge in [-0.3, -0.25) is 9.59 Å². The van der Waals surface area contributed by atoms with Gasteiger partial charge >= 0.3 is 0 Å². The van der Waals surface area contributed by atoms with Gasteiger partial charge in [-0.25, -0.2) is 13.8 Å². The highest BCUT2D eigenvalue weighted by molar-refractivity contribution is 7.15. The van der Waals surface area contributed by atoms with E-state index in [0.29, 0.717) is 23.9 Å². The third-order valence-corrected chi connectivity index (χ3v) is 5.05. The van der Waals surface area contributed by atoms with E-state index in [1.54, 1.807) is 6.20 Å². The molecule has 0 aliphatic heterocycles. The molecule has 0 bridgehead atoms. The third kappa shape index (κ3) is 6.39. The molecule has 2 amide bonds. The maximum atomic E-state index is 13.2. The lowest BCUT2D eigenvalue weighted by Crippen LogP contribution is -2.44. The van der Waals surface area contributed by atoms with Crippen molar-refractivity contribution in [3.8, 4) is 0 Å². The summed E-state index contributed by atoms with van der Waals surface area (Å²) in [6.45, 7) is 5.97. The topological polar surface area (TPSA) is 71.1 Å². The number of carbonyl (C=O) groups is 2. The second-order valence-electron chi connectivity index (χ2n) is 6.57. The third-order valence-electron chi connectivity index (χ3n) is 3.84. The molecule has 1 aromatic heterocycles. The Morgan fingerprint density at radius 1 is 1.19 bits per heavy atom. The van der Waals surface area contributed by atoms with Crippen LogP contribution in [0.5, 0.6) is 0 Å². The van der Waals surface area contributed by atoms with E-state index in [0.717, 1.165) is 23.1 Å². The van der Waals surface area contributed by atoms with E-state index < -0.39 is 23.6 Å². The molecule has 0 aliphatic carbocycles. The monoisotopic (exact) mass is 395 g/mol. The first-order valence-corrected chi connectivity index (χ1v) is 9.61. The second kappa shape index (κ2) is 9.55. The van der Waals surface area contributed by atoms with Crippen molar-refractivity contribution < 1.29 is 18.4 Å². The minimum Gasteiger partial charge on any atom is -0.344 e. The van der Waals surface area contributed by atoms with E-state index in [1.807, 2.05) is 20.8 Å². The Morgan fingerprint density at radius 3 is 2.41 bits per heavy atom. The van der Waals surface area contributed by atoms with E-state index in [1.165, 1.54) is 11.3 Å². The number of carbonyl (C=O) groups excluding carboxylic acids is 2. The molecule has 2 aromatic rings. The van der Waals surface area contributed by atoms with Gasteiger partial charge in [-0.15, -0.1) is 11.3 Å². The highest BCUT2D eigenvalue weighted by Gasteiger charge is 2.21. The van der Waals surface area contributed by atoms with Crippen molar-refractivity contribution in [1.29, 1.82) is 0 Å². The number of anilines is 1. The minimum atomic E-state index is -0.745. The van der Waals surface area contributed by atoms with Gasteiger partial charge in [0.05, 0.1) is 6.42 Å². The molecule has 0 saturated heterocycles. The van der Waals surface area contributed by atoms with Crippen molar-refractivity contribution in [3.63, 3.8) is 0 Å². The Balaban J connectivity index is 2.00. The molecule has 8 heteroatoms. The van der Waals surface area contributed by atoms with Gasteiger partial charge in [-0.1, -0.05) is 27.2 Å². The smallest absolute Gasteiger partial charge is 0.248 e. The predicted octanol–water partition coefficient (Wildman–Crippen LogP) is 4.01. The number of aromatic nitrogens is 1. The summed E-state index contributed by atoms with van der Waals surface area (Å²) in [6.07, 6.45) is 2.63. The predicted molar refractivity (Wildman–Crippen MR) is 102 cm³/mol. The molecule has 2 N–H and O–H groups in total. The largest absolute Gasteiger partial charge is 0.344 e. The normalized spacial score (nSPS) is 12.1. The van der Waals surface area contributed by atoms with Crippen molar-refractivity contribution in [2.75, 3.05) is 5.32 Å². The number of hydrogen-bond donors (Lipinski definition) is 2. The molecule has 0 aliphatic rings. The number of nitrogens with one attached hydrogen (secondary N) is 2. The first kappa shape index (κ1) is 21.0. The van der Waals surface area contributed by atoms with E-state index in [2.05, 4.69) is 15.6 Å². The molecular formula is C19H23F2N3O2S. The number of hydrogen-bond acceptors (Lipinski definition) is 4. The van der Waals surface area contributed by atoms with Crippen LogP contribution in [-0.2, 0) is 16.0 Å². The molecule has 0 saturated carbocycles. The summed E-state index contributed by atoms with van der Waals surface area (Å²) >= 11 is 1.39. The Morgan fingerprint density at radius 2 is 1.85 bits per heavy atom. The standard InChI is InChI=1S/C19H23F2N3O2S/c1-4-5-15(18(26)24-19-22-10-16(27-19)11(2)3)23-17(25)8-12-6-13(20)9-14(21)7-12/h6-7,9-11,15H,4-5,8H2,1-3H3,(H,23,25)(H,22,24,26)/t15-/m0/s1. The zero-order chi connectivity index (χ0) is 20.0. The van der Waals surface area contributed by atoms with Crippen LogP contribution in [0.2, 0.25) is 0 Å². The molecule has 1 aromatic carbocycles. The van der Waals surface area contributed by atoms with Gasteiger partial charge in [0.1, 0.15) is 17.7 Å². The quantitative estimate of drug-likeness (QED) is 0.709. The number of halogens is 2. The zero-order valence-electron chi connectivity index (χ0n) is 15.5. The lowest BCUT2D eigenvalue weighted by molar-refractivity contribution is -0.126. The van der Waals surface area contributed by atoms with E-state index in [4.69, 9.17) is 0 Å². The van der Waals surface area contributed by atoms with Crippen LogP contribution in [0.1, 0.15) is 50.0 Å². The van der Waals surface area contributed by atoms with Crippen LogP contribution >= 0.6 is 11.3 Å². The Bertz CT molecular complexity index is 788. The van der Waals surface area contributed by atoms with Gasteiger partial charge in [-0.05, 0) is 30.0 Å². The fourth-order valence-corrected chi connectivity index (χ4v) is 3.33. The SMILES string of the molecule is CCC[C@H](NC(=O)Cc1cc(F)cc(F)c1)C(=O)Nc1ncc(C(C)C)s1. The van der Waals surface area contributed by atoms with Gasteiger partial charge in [0.2, 0.25) is 11.8 Å². The fraction of sp³-hybridized carbons (Fsp3) is 0.421. The second-order valence-corrected chi connectivity index (χ2v) is 7.64. The van der Waals surface area contributed by atoms with Crippen molar-refractivity contribution in [2.45, 2.75) is 52.0 Å². The summed E-state index contributed by atoms with van der Waals surface area (Å²) in [5.41, 5.74) is 0.210. The summed E-state index contributed by atoms with van der Waals surface area (Å²) in [7, 11) is 0. The molecule has 5 nitrogen and oxygen atoms in total. The van der Waals surface area contributed by atoms with Crippen molar-refractivity contribution in [2.24, 2.45) is 0 Å². The molecule has 27 heavy (non-hydrogen) atoms. The first-order valence-electron chi connectivity index (χ1n) is 8.79. The molecule has 1 heterocycles. The van der Waals surface area contributed by atoms with Gasteiger partial charge in [0.25, 0.3) is 0 Å². The van der Waals surface area contributed by atoms with E-state index in [9.17, 15) is 18.4 Å². The van der Waals surface area contributed by atoms with Crippen LogP contribution in [0.3, 0.4) is 0 Å². The number of nitrogens with zero attached hydrogens (tertiary/aromatic N) is 1. The zero-order valence-corrected chi connectivity index (χ0v) is 16.3. The molecule has 1 atom stereocenters. The maximum absolute atomic E-state index is 13.2. The molecule has 0 spiro atoms. The summed E-state index contributed by atoms with van der Waals surface area (Å²) in [4.78, 5) is 29.9. The van der Waals surface area contributed by atoms with Gasteiger partial charge < -0.3 is 10.6 Å². The Kier molecular flexibility index (Phi) is 7.41. The summed E-state index contributed by atoms with van der Waals surface area (Å²) in [5, 5.41) is 5.84. The van der Waals surface area contributed by atoms with E-state index in [-0.39, 0.29) is 17.9 Å². The summed E-state index contributed by atoms with van der Waals surface area (Å²) < 4.78 is 26.5. The van der Waals surface area contributed by atoms with Crippen LogP contribution in [0.15, 0.2) is 24.4 Å². The number of thiazole rings is 1. The fourth-order valence-electron chi connectivity index (χ4n) is 2.51. The summed E-state index contributed by atoms with van der Waals surface area (Å²) in [5.74, 6) is -2.02. The average molecular weight is 395 g/mol. The first-order chi connectivity index (χ1) is 12.8. The molecule has 2 rings (SSSR count). The molecule has 0 fully saturated rings. The van der Waals surface area contributed by atoms with Crippen molar-refractivity contribution in [3.05, 3.63) is 46.5 Å². The van der Waals surface area contributed by atoms with Gasteiger partial charge in [0, 0.05) is 17.1 Å². The minimum absolute atomic E-state index is 0.210. The van der Waals surface area contributed by atoms with Crippen molar-refractivity contribution in [1.82, 2.24) is 10.3 Å². The Hall–Kier alpha value is -2.35. The van der Waals surface area contributed by atoms with Gasteiger partial charge in [-0.2, -0.15) is 0 Å². The number of benzene rings is 1. The average Bonchev–Trinajstić information content (AvgIpc) is 3.02. The van der Waals surface area contributed by atoms with Crippen molar-refractivity contribution >= 4 is 28.3 Å². The maximum Gasteiger partial charge on any atom is 0.248 e. The molecule has 0 unspecified atom stereocenters. The van der Waals surface area contributed by atoms with Gasteiger partial charge in [0.15, 0.2) is 5.13 Å². The highest BCUT2D eigenvalue weighted by atomic mass is 32.1. The van der Waals surface area contributed by atoms with Crippen LogP contribution in [-0.4, -0.2) is 22.8 Å². The molecule has 0 radical (unpaired) electrons. The lowest BCUT2D eigenvalue weighted by Gasteiger charge is -2.17. The number of rotatable bonds is 8. The summed E-state index contributed by atoms with van der Waals surface area (Å²) in [6, 6.07) is 2.20. The highest BCUT2D eigenvalue weighted by Crippen LogP contribution is 2.25. The van der Waals surface area contributed by atoms with Crippen LogP contribution in [0.25, 0.3) is 0 Å². The van der Waals surface area contributed by atoms with Crippen LogP contribution in [0.4, 0.5) is 13.9 Å². The van der Waals surface area contributed by atoms with Crippen LogP contribution < -0.4 is 10.6 Å². The van der Waals surface area contributed by atoms with E-state index >= 15 is 0 Å². The lowest BCUT2D eigenvalue weighted by atomic mass is 10.1. The number of amides is 2. The Labute approximate surface area is 161 Å². The molecular weight excluding hydrogens is 372 g/mol. The molecule has 146 valence electrons. The van der Waals surface area contributed by atoms with Crippen LogP contribution in [0, 0.1) is 11.6 Å².